The molecule has 1 fully saturated rings. The molecule has 0 amide bonds. The Kier molecular flexibility index (Phi) is 4.04. The van der Waals surface area contributed by atoms with Gasteiger partial charge in [-0.15, -0.1) is 0 Å². The first-order valence-electron chi connectivity index (χ1n) is 7.31. The van der Waals surface area contributed by atoms with Crippen LogP contribution in [0.15, 0.2) is 24.3 Å². The Bertz CT molecular complexity index is 429. The number of ether oxygens (including phenoxy) is 1. The predicted octanol–water partition coefficient (Wildman–Crippen LogP) is 3.43. The van der Waals surface area contributed by atoms with Gasteiger partial charge in [0.05, 0.1) is 6.61 Å². The zero-order valence-electron chi connectivity index (χ0n) is 11.7. The molecule has 0 saturated heterocycles. The molecule has 3 rings (SSSR count). The molecule has 1 saturated carbocycles. The molecular formula is C16H23NOS. The quantitative estimate of drug-likeness (QED) is 0.891. The van der Waals surface area contributed by atoms with Crippen molar-refractivity contribution in [3.05, 3.63) is 29.8 Å². The van der Waals surface area contributed by atoms with E-state index >= 15 is 0 Å². The van der Waals surface area contributed by atoms with E-state index in [-0.39, 0.29) is 0 Å². The summed E-state index contributed by atoms with van der Waals surface area (Å²) in [7, 11) is 0. The Morgan fingerprint density at radius 3 is 2.89 bits per heavy atom. The molecule has 1 aromatic carbocycles. The molecule has 0 radical (unpaired) electrons. The lowest BCUT2D eigenvalue weighted by atomic mass is 10.0. The molecule has 1 aliphatic heterocycles. The van der Waals surface area contributed by atoms with Gasteiger partial charge in [0, 0.05) is 29.3 Å². The fourth-order valence-corrected chi connectivity index (χ4v) is 4.29. The van der Waals surface area contributed by atoms with Gasteiger partial charge in [0.15, 0.2) is 0 Å². The second-order valence-electron chi connectivity index (χ2n) is 5.77. The molecule has 1 aromatic rings. The van der Waals surface area contributed by atoms with Crippen LogP contribution in [-0.4, -0.2) is 30.7 Å². The molecule has 1 heterocycles. The average Bonchev–Trinajstić information content (AvgIpc) is 3.07. The molecule has 1 aliphatic carbocycles. The summed E-state index contributed by atoms with van der Waals surface area (Å²) in [6, 6.07) is 8.45. The summed E-state index contributed by atoms with van der Waals surface area (Å²) >= 11 is 2.05. The van der Waals surface area contributed by atoms with Crippen molar-refractivity contribution in [1.29, 1.82) is 0 Å². The predicted molar refractivity (Wildman–Crippen MR) is 82.3 cm³/mol. The van der Waals surface area contributed by atoms with E-state index in [9.17, 15) is 0 Å². The Morgan fingerprint density at radius 2 is 2.11 bits per heavy atom. The van der Waals surface area contributed by atoms with Crippen LogP contribution >= 0.6 is 11.8 Å². The Hall–Kier alpha value is -0.670. The summed E-state index contributed by atoms with van der Waals surface area (Å²) in [5.74, 6) is 1.60. The minimum Gasteiger partial charge on any atom is -0.493 e. The summed E-state index contributed by atoms with van der Waals surface area (Å²) in [6.07, 6.45) is 7.81. The van der Waals surface area contributed by atoms with E-state index in [1.54, 1.807) is 0 Å². The van der Waals surface area contributed by atoms with Crippen LogP contribution in [0, 0.1) is 0 Å². The Morgan fingerprint density at radius 1 is 1.32 bits per heavy atom. The van der Waals surface area contributed by atoms with Gasteiger partial charge in [-0.05, 0) is 25.2 Å². The zero-order chi connectivity index (χ0) is 13.1. The summed E-state index contributed by atoms with van der Waals surface area (Å²) in [6.45, 7) is 3.02. The largest absolute Gasteiger partial charge is 0.493 e. The van der Waals surface area contributed by atoms with Crippen LogP contribution in [0.25, 0.3) is 0 Å². The van der Waals surface area contributed by atoms with Crippen LogP contribution in [0.1, 0.15) is 37.2 Å². The number of thioether (sulfide) groups is 1. The number of rotatable bonds is 5. The Balaban J connectivity index is 1.54. The third-order valence-corrected chi connectivity index (χ3v) is 6.00. The lowest BCUT2D eigenvalue weighted by Crippen LogP contribution is -2.37. The van der Waals surface area contributed by atoms with Crippen LogP contribution in [0.3, 0.4) is 0 Å². The summed E-state index contributed by atoms with van der Waals surface area (Å²) < 4.78 is 6.24. The minimum atomic E-state index is 0.499. The van der Waals surface area contributed by atoms with E-state index in [2.05, 4.69) is 47.6 Å². The first kappa shape index (κ1) is 13.3. The summed E-state index contributed by atoms with van der Waals surface area (Å²) in [5.41, 5.74) is 1.37. The fraction of sp³-hybridized carbons (Fsp3) is 0.625. The average molecular weight is 277 g/mol. The van der Waals surface area contributed by atoms with E-state index in [1.807, 2.05) is 0 Å². The monoisotopic (exact) mass is 277 g/mol. The highest BCUT2D eigenvalue weighted by Gasteiger charge is 2.33. The fourth-order valence-electron chi connectivity index (χ4n) is 3.34. The van der Waals surface area contributed by atoms with E-state index in [4.69, 9.17) is 4.74 Å². The number of nitrogens with one attached hydrogen (secondary N) is 1. The van der Waals surface area contributed by atoms with Crippen molar-refractivity contribution in [3.8, 4) is 5.75 Å². The second kappa shape index (κ2) is 5.76. The van der Waals surface area contributed by atoms with E-state index in [1.165, 1.54) is 31.2 Å². The lowest BCUT2D eigenvalue weighted by molar-refractivity contribution is 0.325. The second-order valence-corrected chi connectivity index (χ2v) is 7.05. The molecule has 2 nitrogen and oxygen atoms in total. The van der Waals surface area contributed by atoms with Gasteiger partial charge < -0.3 is 10.1 Å². The molecule has 1 atom stereocenters. The maximum absolute atomic E-state index is 5.74. The maximum Gasteiger partial charge on any atom is 0.122 e. The highest BCUT2D eigenvalue weighted by atomic mass is 32.2. The Labute approximate surface area is 120 Å². The van der Waals surface area contributed by atoms with Crippen molar-refractivity contribution < 1.29 is 4.74 Å². The maximum atomic E-state index is 5.74. The normalized spacial score (nSPS) is 24.2. The van der Waals surface area contributed by atoms with Crippen molar-refractivity contribution in [2.45, 2.75) is 36.3 Å². The van der Waals surface area contributed by atoms with Gasteiger partial charge in [0.2, 0.25) is 0 Å². The molecule has 2 aliphatic rings. The van der Waals surface area contributed by atoms with Crippen molar-refractivity contribution in [1.82, 2.24) is 5.32 Å². The van der Waals surface area contributed by atoms with Crippen molar-refractivity contribution >= 4 is 11.8 Å². The number of fused-ring (bicyclic) bond motifs is 1. The molecule has 0 spiro atoms. The number of hydrogen-bond acceptors (Lipinski definition) is 3. The van der Waals surface area contributed by atoms with Gasteiger partial charge in [-0.2, -0.15) is 11.8 Å². The lowest BCUT2D eigenvalue weighted by Gasteiger charge is -2.27. The first-order chi connectivity index (χ1) is 9.33. The highest BCUT2D eigenvalue weighted by molar-refractivity contribution is 8.00. The topological polar surface area (TPSA) is 21.3 Å². The molecule has 1 N–H and O–H groups in total. The van der Waals surface area contributed by atoms with Gasteiger partial charge in [-0.25, -0.2) is 0 Å². The van der Waals surface area contributed by atoms with Gasteiger partial charge in [0.1, 0.15) is 5.75 Å². The molecule has 19 heavy (non-hydrogen) atoms. The number of benzene rings is 1. The van der Waals surface area contributed by atoms with Crippen LogP contribution < -0.4 is 10.1 Å². The molecule has 104 valence electrons. The number of para-hydroxylation sites is 1. The molecule has 0 bridgehead atoms. The van der Waals surface area contributed by atoms with Gasteiger partial charge in [0.25, 0.3) is 0 Å². The summed E-state index contributed by atoms with van der Waals surface area (Å²) in [5, 5.41) is 3.70. The van der Waals surface area contributed by atoms with Gasteiger partial charge in [-0.1, -0.05) is 31.0 Å². The van der Waals surface area contributed by atoms with Crippen LogP contribution in [0.4, 0.5) is 0 Å². The van der Waals surface area contributed by atoms with Crippen LogP contribution in [0.2, 0.25) is 0 Å². The van der Waals surface area contributed by atoms with Crippen LogP contribution in [0.5, 0.6) is 5.75 Å². The smallest absolute Gasteiger partial charge is 0.122 e. The van der Waals surface area contributed by atoms with E-state index < -0.39 is 0 Å². The SMILES string of the molecule is CSC1(CNCC2COc3ccccc32)CCCC1. The van der Waals surface area contributed by atoms with E-state index in [0.717, 1.165) is 25.4 Å². The van der Waals surface area contributed by atoms with Crippen molar-refractivity contribution in [2.24, 2.45) is 0 Å². The molecule has 0 aromatic heterocycles. The minimum absolute atomic E-state index is 0.499. The van der Waals surface area contributed by atoms with Crippen LogP contribution in [-0.2, 0) is 0 Å². The molecular weight excluding hydrogens is 254 g/mol. The third-order valence-electron chi connectivity index (χ3n) is 4.58. The van der Waals surface area contributed by atoms with Crippen molar-refractivity contribution in [2.75, 3.05) is 26.0 Å². The third kappa shape index (κ3) is 2.77. The molecule has 1 unspecified atom stereocenters. The number of hydrogen-bond donors (Lipinski definition) is 1. The van der Waals surface area contributed by atoms with E-state index in [0.29, 0.717) is 10.7 Å². The standard InChI is InChI=1S/C16H23NOS/c1-19-16(8-4-5-9-16)12-17-10-13-11-18-15-7-3-2-6-14(13)15/h2-3,6-7,13,17H,4-5,8-12H2,1H3. The van der Waals surface area contributed by atoms with Gasteiger partial charge >= 0.3 is 0 Å². The molecule has 3 heteroatoms. The van der Waals surface area contributed by atoms with Gasteiger partial charge in [-0.3, -0.25) is 0 Å². The van der Waals surface area contributed by atoms with Crippen molar-refractivity contribution in [3.63, 3.8) is 0 Å². The summed E-state index contributed by atoms with van der Waals surface area (Å²) in [4.78, 5) is 0. The zero-order valence-corrected chi connectivity index (χ0v) is 12.5. The highest BCUT2D eigenvalue weighted by Crippen LogP contribution is 2.40. The first-order valence-corrected chi connectivity index (χ1v) is 8.53.